The molecule has 104 valence electrons. The fourth-order valence-electron chi connectivity index (χ4n) is 2.49. The Kier molecular flexibility index (Phi) is 6.91. The molecule has 1 aliphatic heterocycles. The van der Waals surface area contributed by atoms with E-state index >= 15 is 0 Å². The summed E-state index contributed by atoms with van der Waals surface area (Å²) in [6.07, 6.45) is 5.99. The van der Waals surface area contributed by atoms with Crippen molar-refractivity contribution in [2.45, 2.75) is 19.3 Å². The molecule has 1 rings (SSSR count). The zero-order chi connectivity index (χ0) is 14.1. The van der Waals surface area contributed by atoms with E-state index in [1.165, 1.54) is 0 Å². The maximum absolute atomic E-state index is 12.4. The van der Waals surface area contributed by atoms with Gasteiger partial charge >= 0.3 is 0 Å². The highest BCUT2D eigenvalue weighted by Gasteiger charge is 2.28. The molecule has 19 heavy (non-hydrogen) atoms. The average molecular weight is 261 g/mol. The van der Waals surface area contributed by atoms with Crippen LogP contribution in [-0.4, -0.2) is 48.4 Å². The van der Waals surface area contributed by atoms with Crippen LogP contribution in [0, 0.1) is 17.2 Å². The molecule has 0 radical (unpaired) electrons. The number of nitriles is 1. The van der Waals surface area contributed by atoms with E-state index in [2.05, 4.69) is 24.1 Å². The predicted molar refractivity (Wildman–Crippen MR) is 76.4 cm³/mol. The summed E-state index contributed by atoms with van der Waals surface area (Å²) in [5.74, 6) is 0.230. The summed E-state index contributed by atoms with van der Waals surface area (Å²) in [5, 5.41) is 8.63. The number of hydrogen-bond acceptors (Lipinski definition) is 3. The van der Waals surface area contributed by atoms with Crippen molar-refractivity contribution in [2.24, 2.45) is 5.92 Å². The Morgan fingerprint density at radius 1 is 1.42 bits per heavy atom. The van der Waals surface area contributed by atoms with Crippen LogP contribution in [0.2, 0.25) is 0 Å². The van der Waals surface area contributed by atoms with Crippen LogP contribution in [-0.2, 0) is 4.79 Å². The number of likely N-dealkylation sites (tertiary alicyclic amines) is 1. The number of carbonyl (C=O) groups is 1. The third kappa shape index (κ3) is 4.88. The van der Waals surface area contributed by atoms with Crippen LogP contribution in [0.25, 0.3) is 0 Å². The van der Waals surface area contributed by atoms with E-state index in [1.807, 2.05) is 0 Å². The van der Waals surface area contributed by atoms with Crippen LogP contribution in [0.3, 0.4) is 0 Å². The second-order valence-electron chi connectivity index (χ2n) is 4.87. The first-order valence-corrected chi connectivity index (χ1v) is 6.82. The Morgan fingerprint density at radius 3 is 2.68 bits per heavy atom. The van der Waals surface area contributed by atoms with Gasteiger partial charge in [-0.1, -0.05) is 12.2 Å². The molecule has 1 fully saturated rings. The molecule has 0 aromatic heterocycles. The summed E-state index contributed by atoms with van der Waals surface area (Å²) in [5.41, 5.74) is 0. The Bertz CT molecular complexity index is 349. The van der Waals surface area contributed by atoms with Gasteiger partial charge in [-0.3, -0.25) is 4.79 Å². The van der Waals surface area contributed by atoms with Crippen molar-refractivity contribution in [2.75, 3.05) is 32.7 Å². The fourth-order valence-corrected chi connectivity index (χ4v) is 2.49. The Morgan fingerprint density at radius 2 is 2.11 bits per heavy atom. The topological polar surface area (TPSA) is 47.3 Å². The van der Waals surface area contributed by atoms with E-state index in [0.29, 0.717) is 19.5 Å². The van der Waals surface area contributed by atoms with Crippen molar-refractivity contribution in [1.29, 1.82) is 5.26 Å². The lowest BCUT2D eigenvalue weighted by Crippen LogP contribution is -2.45. The zero-order valence-corrected chi connectivity index (χ0v) is 11.6. The third-order valence-electron chi connectivity index (χ3n) is 3.41. The maximum atomic E-state index is 12.4. The van der Waals surface area contributed by atoms with Crippen molar-refractivity contribution < 1.29 is 4.79 Å². The molecule has 0 aromatic carbocycles. The normalized spacial score (nSPS) is 19.4. The van der Waals surface area contributed by atoms with E-state index in [0.717, 1.165) is 32.5 Å². The molecule has 1 heterocycles. The van der Waals surface area contributed by atoms with Gasteiger partial charge in [0.25, 0.3) is 0 Å². The second-order valence-corrected chi connectivity index (χ2v) is 4.87. The second kappa shape index (κ2) is 8.49. The molecule has 4 heteroatoms. The third-order valence-corrected chi connectivity index (χ3v) is 3.41. The van der Waals surface area contributed by atoms with Gasteiger partial charge < -0.3 is 9.80 Å². The molecular formula is C15H23N3O. The van der Waals surface area contributed by atoms with Crippen LogP contribution >= 0.6 is 0 Å². The SMILES string of the molecule is C=CCN(CC=C)C(=O)C1CCCN(CCC#N)C1. The summed E-state index contributed by atoms with van der Waals surface area (Å²) >= 11 is 0. The maximum Gasteiger partial charge on any atom is 0.227 e. The summed E-state index contributed by atoms with van der Waals surface area (Å²) in [7, 11) is 0. The summed E-state index contributed by atoms with van der Waals surface area (Å²) in [6.45, 7) is 11.1. The van der Waals surface area contributed by atoms with Crippen LogP contribution < -0.4 is 0 Å². The van der Waals surface area contributed by atoms with Crippen LogP contribution in [0.15, 0.2) is 25.3 Å². The standard InChI is InChI=1S/C15H23N3O/c1-3-9-18(10-4-2)15(19)14-7-5-11-17(13-14)12-6-8-16/h3-4,14H,1-2,5-7,9-13H2. The average Bonchev–Trinajstić information content (AvgIpc) is 2.44. The molecule has 0 saturated carbocycles. The molecule has 0 N–H and O–H groups in total. The lowest BCUT2D eigenvalue weighted by molar-refractivity contribution is -0.136. The highest BCUT2D eigenvalue weighted by atomic mass is 16.2. The van der Waals surface area contributed by atoms with Gasteiger partial charge in [-0.05, 0) is 19.4 Å². The minimum atomic E-state index is 0.0485. The number of hydrogen-bond donors (Lipinski definition) is 0. The molecule has 1 saturated heterocycles. The monoisotopic (exact) mass is 261 g/mol. The molecule has 0 aliphatic carbocycles. The summed E-state index contributed by atoms with van der Waals surface area (Å²) in [6, 6.07) is 2.16. The highest BCUT2D eigenvalue weighted by molar-refractivity contribution is 5.79. The predicted octanol–water partition coefficient (Wildman–Crippen LogP) is 1.81. The molecule has 1 atom stereocenters. The van der Waals surface area contributed by atoms with Crippen molar-refractivity contribution in [1.82, 2.24) is 9.80 Å². The number of piperidine rings is 1. The Hall–Kier alpha value is -1.60. The van der Waals surface area contributed by atoms with E-state index in [-0.39, 0.29) is 11.8 Å². The number of rotatable bonds is 7. The van der Waals surface area contributed by atoms with Gasteiger partial charge in [0.2, 0.25) is 5.91 Å². The Balaban J connectivity index is 2.56. The van der Waals surface area contributed by atoms with E-state index in [4.69, 9.17) is 5.26 Å². The lowest BCUT2D eigenvalue weighted by Gasteiger charge is -2.34. The quantitative estimate of drug-likeness (QED) is 0.657. The zero-order valence-electron chi connectivity index (χ0n) is 11.6. The highest BCUT2D eigenvalue weighted by Crippen LogP contribution is 2.19. The molecule has 0 bridgehead atoms. The first-order chi connectivity index (χ1) is 9.22. The molecule has 4 nitrogen and oxygen atoms in total. The van der Waals surface area contributed by atoms with Gasteiger partial charge in [0.05, 0.1) is 12.0 Å². The summed E-state index contributed by atoms with van der Waals surface area (Å²) in [4.78, 5) is 16.4. The van der Waals surface area contributed by atoms with Gasteiger partial charge in [0, 0.05) is 32.6 Å². The molecule has 0 spiro atoms. The van der Waals surface area contributed by atoms with Crippen molar-refractivity contribution in [3.05, 3.63) is 25.3 Å². The minimum Gasteiger partial charge on any atom is -0.335 e. The smallest absolute Gasteiger partial charge is 0.227 e. The van der Waals surface area contributed by atoms with Crippen LogP contribution in [0.1, 0.15) is 19.3 Å². The van der Waals surface area contributed by atoms with E-state index in [1.54, 1.807) is 17.1 Å². The van der Waals surface area contributed by atoms with Gasteiger partial charge in [0.15, 0.2) is 0 Å². The number of carbonyl (C=O) groups excluding carboxylic acids is 1. The fraction of sp³-hybridized carbons (Fsp3) is 0.600. The first-order valence-electron chi connectivity index (χ1n) is 6.82. The van der Waals surface area contributed by atoms with Gasteiger partial charge in [-0.2, -0.15) is 5.26 Å². The van der Waals surface area contributed by atoms with E-state index in [9.17, 15) is 4.79 Å². The molecule has 1 aliphatic rings. The molecular weight excluding hydrogens is 238 g/mol. The van der Waals surface area contributed by atoms with Crippen LogP contribution in [0.5, 0.6) is 0 Å². The molecule has 1 amide bonds. The van der Waals surface area contributed by atoms with Crippen LogP contribution in [0.4, 0.5) is 0 Å². The Labute approximate surface area is 116 Å². The molecule has 1 unspecified atom stereocenters. The minimum absolute atomic E-state index is 0.0485. The molecule has 0 aromatic rings. The van der Waals surface area contributed by atoms with E-state index < -0.39 is 0 Å². The largest absolute Gasteiger partial charge is 0.335 e. The van der Waals surface area contributed by atoms with Crippen molar-refractivity contribution >= 4 is 5.91 Å². The van der Waals surface area contributed by atoms with Gasteiger partial charge in [0.1, 0.15) is 0 Å². The lowest BCUT2D eigenvalue weighted by atomic mass is 9.96. The number of nitrogens with zero attached hydrogens (tertiary/aromatic N) is 3. The van der Waals surface area contributed by atoms with Crippen molar-refractivity contribution in [3.8, 4) is 6.07 Å². The van der Waals surface area contributed by atoms with Gasteiger partial charge in [-0.15, -0.1) is 13.2 Å². The summed E-state index contributed by atoms with van der Waals surface area (Å²) < 4.78 is 0. The number of amides is 1. The first kappa shape index (κ1) is 15.5. The van der Waals surface area contributed by atoms with Gasteiger partial charge in [-0.25, -0.2) is 0 Å². The van der Waals surface area contributed by atoms with Crippen molar-refractivity contribution in [3.63, 3.8) is 0 Å².